The normalized spacial score (nSPS) is 10.5. The number of rotatable bonds is 4. The van der Waals surface area contributed by atoms with E-state index in [1.165, 1.54) is 11.3 Å². The van der Waals surface area contributed by atoms with Crippen molar-refractivity contribution in [1.82, 2.24) is 4.98 Å². The van der Waals surface area contributed by atoms with Gasteiger partial charge >= 0.3 is 0 Å². The number of Topliss-reactive ketones (excluding diaryl/α,β-unsaturated/α-hetero) is 1. The van der Waals surface area contributed by atoms with Gasteiger partial charge in [0, 0.05) is 11.9 Å². The highest BCUT2D eigenvalue weighted by Crippen LogP contribution is 2.19. The number of carbonyl (C=O) groups excluding carboxylic acids is 1. The van der Waals surface area contributed by atoms with Crippen molar-refractivity contribution in [3.8, 4) is 0 Å². The molecule has 0 atom stereocenters. The number of carbonyl (C=O) groups is 1. The molecule has 17 heavy (non-hydrogen) atoms. The van der Waals surface area contributed by atoms with E-state index in [1.54, 1.807) is 6.20 Å². The Labute approximate surface area is 105 Å². The molecule has 3 heteroatoms. The Bertz CT molecular complexity index is 513. The SMILES string of the molecule is CCc1ccsc1C(=O)Cc1ccc(C)cn1. The fourth-order valence-electron chi connectivity index (χ4n) is 1.71. The summed E-state index contributed by atoms with van der Waals surface area (Å²) in [5, 5.41) is 1.98. The molecule has 88 valence electrons. The Kier molecular flexibility index (Phi) is 3.69. The zero-order chi connectivity index (χ0) is 12.3. The summed E-state index contributed by atoms with van der Waals surface area (Å²) in [6.07, 6.45) is 3.11. The van der Waals surface area contributed by atoms with E-state index in [2.05, 4.69) is 11.9 Å². The predicted molar refractivity (Wildman–Crippen MR) is 70.7 cm³/mol. The molecule has 0 saturated carbocycles. The van der Waals surface area contributed by atoms with Gasteiger partial charge in [0.2, 0.25) is 0 Å². The zero-order valence-electron chi connectivity index (χ0n) is 10.1. The van der Waals surface area contributed by atoms with Crippen molar-refractivity contribution in [2.45, 2.75) is 26.7 Å². The average Bonchev–Trinajstić information content (AvgIpc) is 2.80. The highest BCUT2D eigenvalue weighted by atomic mass is 32.1. The van der Waals surface area contributed by atoms with Crippen LogP contribution < -0.4 is 0 Å². The molecule has 0 unspecified atom stereocenters. The lowest BCUT2D eigenvalue weighted by Crippen LogP contribution is -2.05. The molecule has 0 aromatic carbocycles. The average molecular weight is 245 g/mol. The van der Waals surface area contributed by atoms with E-state index in [4.69, 9.17) is 0 Å². The number of hydrogen-bond acceptors (Lipinski definition) is 3. The van der Waals surface area contributed by atoms with E-state index in [9.17, 15) is 4.79 Å². The molecule has 2 aromatic rings. The molecule has 0 bridgehead atoms. The molecule has 0 N–H and O–H groups in total. The van der Waals surface area contributed by atoms with Gasteiger partial charge in [-0.15, -0.1) is 11.3 Å². The van der Waals surface area contributed by atoms with Gasteiger partial charge in [-0.1, -0.05) is 13.0 Å². The molecule has 0 radical (unpaired) electrons. The first-order chi connectivity index (χ1) is 8.20. The Morgan fingerprint density at radius 1 is 1.35 bits per heavy atom. The summed E-state index contributed by atoms with van der Waals surface area (Å²) in [4.78, 5) is 17.3. The lowest BCUT2D eigenvalue weighted by molar-refractivity contribution is 0.0995. The number of nitrogens with zero attached hydrogens (tertiary/aromatic N) is 1. The van der Waals surface area contributed by atoms with Gasteiger partial charge in [0.1, 0.15) is 0 Å². The summed E-state index contributed by atoms with van der Waals surface area (Å²) in [5.74, 6) is 0.174. The topological polar surface area (TPSA) is 30.0 Å². The van der Waals surface area contributed by atoms with E-state index in [1.807, 2.05) is 30.5 Å². The maximum atomic E-state index is 12.1. The van der Waals surface area contributed by atoms with E-state index in [0.717, 1.165) is 28.1 Å². The van der Waals surface area contributed by atoms with Gasteiger partial charge in [-0.05, 0) is 42.0 Å². The molecule has 2 nitrogen and oxygen atoms in total. The van der Waals surface area contributed by atoms with Gasteiger partial charge in [-0.25, -0.2) is 0 Å². The fourth-order valence-corrected chi connectivity index (χ4v) is 2.64. The van der Waals surface area contributed by atoms with E-state index < -0.39 is 0 Å². The lowest BCUT2D eigenvalue weighted by Gasteiger charge is -2.01. The quantitative estimate of drug-likeness (QED) is 0.772. The highest BCUT2D eigenvalue weighted by Gasteiger charge is 2.13. The second-order valence-corrected chi connectivity index (χ2v) is 4.97. The van der Waals surface area contributed by atoms with Gasteiger partial charge in [-0.2, -0.15) is 0 Å². The van der Waals surface area contributed by atoms with Crippen LogP contribution >= 0.6 is 11.3 Å². The van der Waals surface area contributed by atoms with Crippen LogP contribution in [0.25, 0.3) is 0 Å². The van der Waals surface area contributed by atoms with Crippen LogP contribution in [0, 0.1) is 6.92 Å². The number of aromatic nitrogens is 1. The maximum Gasteiger partial charge on any atom is 0.178 e. The first-order valence-corrected chi connectivity index (χ1v) is 6.59. The fraction of sp³-hybridized carbons (Fsp3) is 0.286. The largest absolute Gasteiger partial charge is 0.293 e. The second kappa shape index (κ2) is 5.23. The Hall–Kier alpha value is -1.48. The zero-order valence-corrected chi connectivity index (χ0v) is 10.9. The first kappa shape index (κ1) is 12.0. The summed E-state index contributed by atoms with van der Waals surface area (Å²) in [6, 6.07) is 5.94. The van der Waals surface area contributed by atoms with Crippen LogP contribution in [0.5, 0.6) is 0 Å². The monoisotopic (exact) mass is 245 g/mol. The minimum Gasteiger partial charge on any atom is -0.293 e. The molecule has 0 amide bonds. The Morgan fingerprint density at radius 3 is 2.82 bits per heavy atom. The molecule has 0 saturated heterocycles. The summed E-state index contributed by atoms with van der Waals surface area (Å²) in [6.45, 7) is 4.07. The molecule has 0 aliphatic carbocycles. The van der Waals surface area contributed by atoms with Crippen molar-refractivity contribution in [2.75, 3.05) is 0 Å². The summed E-state index contributed by atoms with van der Waals surface area (Å²) in [7, 11) is 0. The van der Waals surface area contributed by atoms with Gasteiger partial charge in [0.05, 0.1) is 11.3 Å². The van der Waals surface area contributed by atoms with Crippen molar-refractivity contribution in [3.63, 3.8) is 0 Å². The van der Waals surface area contributed by atoms with Crippen LogP contribution in [0.15, 0.2) is 29.8 Å². The first-order valence-electron chi connectivity index (χ1n) is 5.71. The van der Waals surface area contributed by atoms with Gasteiger partial charge in [-0.3, -0.25) is 9.78 Å². The smallest absolute Gasteiger partial charge is 0.178 e. The van der Waals surface area contributed by atoms with Crippen molar-refractivity contribution >= 4 is 17.1 Å². The van der Waals surface area contributed by atoms with Crippen LogP contribution in [0.4, 0.5) is 0 Å². The summed E-state index contributed by atoms with van der Waals surface area (Å²) in [5.41, 5.74) is 3.11. The molecule has 0 spiro atoms. The van der Waals surface area contributed by atoms with Crippen LogP contribution in [-0.4, -0.2) is 10.8 Å². The van der Waals surface area contributed by atoms with Crippen molar-refractivity contribution < 1.29 is 4.79 Å². The molecule has 2 heterocycles. The number of thiophene rings is 1. The standard InChI is InChI=1S/C14H15NOS/c1-3-11-6-7-17-14(11)13(16)8-12-5-4-10(2)9-15-12/h4-7,9H,3,8H2,1-2H3. The predicted octanol–water partition coefficient (Wildman–Crippen LogP) is 3.44. The molecule has 2 aromatic heterocycles. The summed E-state index contributed by atoms with van der Waals surface area (Å²) < 4.78 is 0. The van der Waals surface area contributed by atoms with Crippen molar-refractivity contribution in [3.05, 3.63) is 51.5 Å². The van der Waals surface area contributed by atoms with Crippen LogP contribution in [0.3, 0.4) is 0 Å². The minimum atomic E-state index is 0.174. The second-order valence-electron chi connectivity index (χ2n) is 4.06. The van der Waals surface area contributed by atoms with Crippen LogP contribution in [0.2, 0.25) is 0 Å². The molecular formula is C14H15NOS. The van der Waals surface area contributed by atoms with Crippen molar-refractivity contribution in [1.29, 1.82) is 0 Å². The molecule has 0 aliphatic heterocycles. The molecule has 0 aliphatic rings. The highest BCUT2D eigenvalue weighted by molar-refractivity contribution is 7.12. The number of aryl methyl sites for hydroxylation is 2. The van der Waals surface area contributed by atoms with Gasteiger partial charge in [0.25, 0.3) is 0 Å². The van der Waals surface area contributed by atoms with Gasteiger partial charge < -0.3 is 0 Å². The van der Waals surface area contributed by atoms with E-state index in [-0.39, 0.29) is 5.78 Å². The Balaban J connectivity index is 2.14. The van der Waals surface area contributed by atoms with E-state index >= 15 is 0 Å². The molecule has 0 fully saturated rings. The number of pyridine rings is 1. The molecular weight excluding hydrogens is 230 g/mol. The Morgan fingerprint density at radius 2 is 2.18 bits per heavy atom. The minimum absolute atomic E-state index is 0.174. The van der Waals surface area contributed by atoms with Gasteiger partial charge in [0.15, 0.2) is 5.78 Å². The third-order valence-corrected chi connectivity index (χ3v) is 3.69. The van der Waals surface area contributed by atoms with Crippen molar-refractivity contribution in [2.24, 2.45) is 0 Å². The van der Waals surface area contributed by atoms with Crippen LogP contribution in [0.1, 0.15) is 33.4 Å². The maximum absolute atomic E-state index is 12.1. The summed E-state index contributed by atoms with van der Waals surface area (Å²) >= 11 is 1.53. The third-order valence-electron chi connectivity index (χ3n) is 2.70. The molecule has 2 rings (SSSR count). The lowest BCUT2D eigenvalue weighted by atomic mass is 10.1. The van der Waals surface area contributed by atoms with Crippen LogP contribution in [-0.2, 0) is 12.8 Å². The third kappa shape index (κ3) is 2.80. The van der Waals surface area contributed by atoms with E-state index in [0.29, 0.717) is 6.42 Å². The number of ketones is 1. The number of hydrogen-bond donors (Lipinski definition) is 0.